The SMILES string of the molecule is CC1(C)c2ccccc2-c2ccc(-n3c4ccccc4c4ccc(-c5ccc6c(c5)c5ccccc5n6-c5ccc(-c6cc(-c7ccc(-n8c9ccccc9c9cc(-c%10ccc%11c%12ccccc%12n(-c%12ccc%13c(c%12)C(C)(C)c%12ccccc%12-%13)c%11c%10)ccc98)cc7)nc(-c7cccc(-n8c9ccccc9c9cc(-c%10ccc%11c%12ccccc%12n(-c%12ccc%13c(c%12)C(C)(C)c%12ccccc%12-%13)c%11c%10)ccc98)c7)n6)cc5)cc43)cc21. The summed E-state index contributed by atoms with van der Waals surface area (Å²) >= 11 is 0. The van der Waals surface area contributed by atoms with E-state index in [0.717, 1.165) is 117 Å². The van der Waals surface area contributed by atoms with Crippen molar-refractivity contribution in [1.82, 2.24) is 37.4 Å². The number of hydrogen-bond acceptors (Lipinski definition) is 2. The maximum Gasteiger partial charge on any atom is 0.160 e. The summed E-state index contributed by atoms with van der Waals surface area (Å²) in [5, 5.41) is 14.5. The Morgan fingerprint density at radius 2 is 0.381 bits per heavy atom. The molecule has 0 spiro atoms. The summed E-state index contributed by atoms with van der Waals surface area (Å²) < 4.78 is 14.7. The van der Waals surface area contributed by atoms with Crippen molar-refractivity contribution in [3.8, 4) is 135 Å². The van der Waals surface area contributed by atoms with Gasteiger partial charge < -0.3 is 27.4 Å². The van der Waals surface area contributed by atoms with Gasteiger partial charge in [0.2, 0.25) is 0 Å². The summed E-state index contributed by atoms with van der Waals surface area (Å²) in [4.78, 5) is 11.4. The van der Waals surface area contributed by atoms with Crippen molar-refractivity contribution in [2.45, 2.75) is 57.8 Å². The van der Waals surface area contributed by atoms with Crippen LogP contribution in [0.4, 0.5) is 0 Å². The molecule has 21 aromatic carbocycles. The fourth-order valence-corrected chi connectivity index (χ4v) is 26.3. The number of aromatic nitrogens is 8. The largest absolute Gasteiger partial charge is 0.309 e. The fourth-order valence-electron chi connectivity index (χ4n) is 26.3. The topological polar surface area (TPSA) is 55.4 Å². The van der Waals surface area contributed by atoms with Crippen LogP contribution in [0.2, 0.25) is 0 Å². The minimum absolute atomic E-state index is 0.134. The van der Waals surface area contributed by atoms with Gasteiger partial charge in [-0.3, -0.25) is 0 Å². The van der Waals surface area contributed by atoms with E-state index in [1.165, 1.54) is 176 Å². The second kappa shape index (κ2) is 30.8. The van der Waals surface area contributed by atoms with Crippen molar-refractivity contribution in [3.63, 3.8) is 0 Å². The van der Waals surface area contributed by atoms with Crippen LogP contribution in [-0.2, 0) is 16.2 Å². The summed E-state index contributed by atoms with van der Waals surface area (Å²) in [5.74, 6) is 0.622. The second-order valence-electron chi connectivity index (χ2n) is 42.3. The van der Waals surface area contributed by atoms with Crippen LogP contribution in [0, 0.1) is 0 Å². The van der Waals surface area contributed by atoms with Gasteiger partial charge in [0.05, 0.1) is 77.6 Å². The molecule has 0 saturated heterocycles. The molecule has 0 bridgehead atoms. The zero-order chi connectivity index (χ0) is 97.3. The number of para-hydroxylation sites is 6. The Balaban J connectivity index is 0.513. The highest BCUT2D eigenvalue weighted by Gasteiger charge is 2.40. The minimum Gasteiger partial charge on any atom is -0.309 e. The average molecular weight is 1880 g/mol. The zero-order valence-electron chi connectivity index (χ0n) is 82.0. The zero-order valence-corrected chi connectivity index (χ0v) is 82.0. The van der Waals surface area contributed by atoms with Crippen molar-refractivity contribution in [2.75, 3.05) is 0 Å². The van der Waals surface area contributed by atoms with Crippen LogP contribution in [0.25, 0.3) is 266 Å². The van der Waals surface area contributed by atoms with Crippen molar-refractivity contribution in [1.29, 1.82) is 0 Å². The van der Waals surface area contributed by atoms with Gasteiger partial charge in [-0.05, 0) is 270 Å². The van der Waals surface area contributed by atoms with Gasteiger partial charge in [0.15, 0.2) is 5.82 Å². The third kappa shape index (κ3) is 12.1. The van der Waals surface area contributed by atoms with Gasteiger partial charge >= 0.3 is 0 Å². The van der Waals surface area contributed by atoms with Gasteiger partial charge in [-0.1, -0.05) is 333 Å². The predicted molar refractivity (Wildman–Crippen MR) is 613 cm³/mol. The van der Waals surface area contributed by atoms with Gasteiger partial charge in [0.1, 0.15) is 0 Å². The predicted octanol–water partition coefficient (Wildman–Crippen LogP) is 36.0. The highest BCUT2D eigenvalue weighted by molar-refractivity contribution is 6.18. The second-order valence-corrected chi connectivity index (χ2v) is 42.3. The molecular formula is C139H94N8. The molecule has 0 atom stereocenters. The van der Waals surface area contributed by atoms with Crippen LogP contribution in [0.3, 0.4) is 0 Å². The molecule has 147 heavy (non-hydrogen) atoms. The molecule has 3 aliphatic rings. The van der Waals surface area contributed by atoms with Crippen LogP contribution < -0.4 is 0 Å². The first-order chi connectivity index (χ1) is 72.1. The lowest BCUT2D eigenvalue weighted by Gasteiger charge is -2.22. The Kier molecular flexibility index (Phi) is 17.4. The molecule has 0 amide bonds. The van der Waals surface area contributed by atoms with Crippen molar-refractivity contribution in [2.24, 2.45) is 0 Å². The van der Waals surface area contributed by atoms with Crippen molar-refractivity contribution >= 4 is 131 Å². The van der Waals surface area contributed by atoms with Gasteiger partial charge in [-0.2, -0.15) is 0 Å². The molecule has 31 rings (SSSR count). The Labute approximate surface area is 849 Å². The number of rotatable bonds is 12. The summed E-state index contributed by atoms with van der Waals surface area (Å²) in [5.41, 5.74) is 47.6. The number of hydrogen-bond donors (Lipinski definition) is 0. The normalized spacial score (nSPS) is 13.7. The molecule has 690 valence electrons. The molecule has 8 nitrogen and oxygen atoms in total. The summed E-state index contributed by atoms with van der Waals surface area (Å²) in [6.07, 6.45) is 0. The number of benzene rings is 21. The molecule has 0 aliphatic heterocycles. The smallest absolute Gasteiger partial charge is 0.160 e. The first-order valence-corrected chi connectivity index (χ1v) is 51.3. The lowest BCUT2D eigenvalue weighted by atomic mass is 9.82. The fraction of sp³-hybridized carbons (Fsp3) is 0.0647. The van der Waals surface area contributed by atoms with E-state index in [4.69, 9.17) is 9.97 Å². The molecule has 0 radical (unpaired) electrons. The highest BCUT2D eigenvalue weighted by Crippen LogP contribution is 2.55. The third-order valence-electron chi connectivity index (χ3n) is 33.4. The molecule has 3 aliphatic carbocycles. The van der Waals surface area contributed by atoms with E-state index < -0.39 is 0 Å². The molecule has 0 N–H and O–H groups in total. The summed E-state index contributed by atoms with van der Waals surface area (Å²) in [6, 6.07) is 173. The standard InChI is InChI=1S/C139H94N8/c1-137(2)116-37-16-7-28-98(116)101-66-60-95(79-119(101)137)145-124-40-19-10-31-104(124)110-63-50-88(76-133(110)145)85-53-69-130-113(73-85)107-34-13-22-43-127(107)142(130)92-56-46-83(47-57-92)122-82-123(84-48-58-93(59-49-84)143-128-44-23-14-35-108(128)114-74-86(54-70-131(114)143)89-51-64-111-105-32-11-20-41-125(105)146(134(111)77-89)96-61-67-102-99-29-8-17-38-117(99)138(3,4)120(102)80-96)141-136(140-122)91-26-25-27-94(72-91)144-129-45-24-15-36-109(129)115-75-87(55-71-132(115)144)90-52-65-112-106-33-12-21-42-126(106)147(135(112)78-90)97-62-68-103-100-30-9-18-39-118(100)139(5,6)121(103)81-97/h7-82H,1-6H3. The van der Waals surface area contributed by atoms with Gasteiger partial charge in [0.25, 0.3) is 0 Å². The first kappa shape index (κ1) is 83.2. The maximum absolute atomic E-state index is 5.68. The first-order valence-electron chi connectivity index (χ1n) is 51.3. The van der Waals surface area contributed by atoms with E-state index in [2.05, 4.69) is 530 Å². The Morgan fingerprint density at radius 3 is 0.714 bits per heavy atom. The highest BCUT2D eigenvalue weighted by atomic mass is 15.0. The maximum atomic E-state index is 5.68. The van der Waals surface area contributed by atoms with Gasteiger partial charge in [-0.15, -0.1) is 0 Å². The molecular weight excluding hydrogens is 1780 g/mol. The van der Waals surface area contributed by atoms with Gasteiger partial charge in [-0.25, -0.2) is 9.97 Å². The Bertz CT molecular complexity index is 10200. The van der Waals surface area contributed by atoms with E-state index >= 15 is 0 Å². The molecule has 7 heterocycles. The molecule has 0 saturated carbocycles. The quantitative estimate of drug-likeness (QED) is 0.122. The van der Waals surface area contributed by atoms with Crippen LogP contribution in [0.1, 0.15) is 74.9 Å². The van der Waals surface area contributed by atoms with E-state index in [-0.39, 0.29) is 16.2 Å². The average Bonchev–Trinajstić information content (AvgIpc) is 1.57. The Hall–Kier alpha value is -18.5. The van der Waals surface area contributed by atoms with Gasteiger partial charge in [0, 0.05) is 132 Å². The number of fused-ring (bicyclic) bond motifs is 27. The molecule has 7 aromatic heterocycles. The van der Waals surface area contributed by atoms with Crippen LogP contribution in [-0.4, -0.2) is 37.4 Å². The number of nitrogens with zero attached hydrogens (tertiary/aromatic N) is 8. The van der Waals surface area contributed by atoms with E-state index in [1.54, 1.807) is 0 Å². The third-order valence-corrected chi connectivity index (χ3v) is 33.4. The molecule has 28 aromatic rings. The van der Waals surface area contributed by atoms with Crippen molar-refractivity contribution < 1.29 is 0 Å². The van der Waals surface area contributed by atoms with E-state index in [0.29, 0.717) is 5.82 Å². The minimum atomic E-state index is -0.139. The van der Waals surface area contributed by atoms with Crippen LogP contribution in [0.15, 0.2) is 461 Å². The molecule has 0 unspecified atom stereocenters. The monoisotopic (exact) mass is 1870 g/mol. The summed E-state index contributed by atoms with van der Waals surface area (Å²) in [6.45, 7) is 14.2. The van der Waals surface area contributed by atoms with Crippen LogP contribution >= 0.6 is 0 Å². The van der Waals surface area contributed by atoms with E-state index in [9.17, 15) is 0 Å². The van der Waals surface area contributed by atoms with E-state index in [1.807, 2.05) is 0 Å². The lowest BCUT2D eigenvalue weighted by molar-refractivity contribution is 0.660. The molecule has 8 heteroatoms. The Morgan fingerprint density at radius 1 is 0.143 bits per heavy atom. The van der Waals surface area contributed by atoms with Crippen LogP contribution in [0.5, 0.6) is 0 Å². The summed E-state index contributed by atoms with van der Waals surface area (Å²) in [7, 11) is 0. The lowest BCUT2D eigenvalue weighted by Crippen LogP contribution is -2.15. The molecule has 0 fully saturated rings. The van der Waals surface area contributed by atoms with Crippen molar-refractivity contribution in [3.05, 3.63) is 494 Å².